The number of rotatable bonds is 13. The molecular formula is C48H46F3N5O5S. The zero-order chi connectivity index (χ0) is 43.2. The number of aliphatic imine (C=N–C) groups is 1. The Morgan fingerprint density at radius 2 is 1.52 bits per heavy atom. The van der Waals surface area contributed by atoms with Crippen LogP contribution in [0.1, 0.15) is 75.9 Å². The van der Waals surface area contributed by atoms with Gasteiger partial charge in [-0.1, -0.05) is 12.1 Å². The number of aryl methyl sites for hydroxylation is 2. The van der Waals surface area contributed by atoms with E-state index in [-0.39, 0.29) is 22.9 Å². The molecule has 2 aromatic heterocycles. The van der Waals surface area contributed by atoms with E-state index in [1.54, 1.807) is 48.6 Å². The molecule has 6 aromatic rings. The number of phenolic OH excluding ortho intramolecular Hbond substituents is 1. The van der Waals surface area contributed by atoms with E-state index in [0.717, 1.165) is 58.9 Å². The molecule has 1 N–H and O–H groups in total. The summed E-state index contributed by atoms with van der Waals surface area (Å²) in [6.45, 7) is 14.7. The quantitative estimate of drug-likeness (QED) is 0.115. The van der Waals surface area contributed by atoms with E-state index >= 15 is 8.78 Å². The van der Waals surface area contributed by atoms with Crippen molar-refractivity contribution in [1.82, 2.24) is 19.7 Å². The SMILES string of the molecule is CC1=C(c2c(F)cc(F)cc2F)[C@H](c2ccc(OCCN3CC(COCCOc4ccc(C5=N[C@@H](C)c6nnc(C)n6-c6sc(C)c(C)c65)cc4)C3)cc2)Oc2ccc(O)cc21. The van der Waals surface area contributed by atoms with Crippen LogP contribution in [-0.2, 0) is 4.74 Å². The number of likely N-dealkylation sites (tertiary alicyclic amines) is 1. The smallest absolute Gasteiger partial charge is 0.162 e. The summed E-state index contributed by atoms with van der Waals surface area (Å²) in [5, 5.41) is 20.0. The van der Waals surface area contributed by atoms with Gasteiger partial charge in [-0.25, -0.2) is 13.2 Å². The second kappa shape index (κ2) is 17.1. The van der Waals surface area contributed by atoms with Gasteiger partial charge in [0, 0.05) is 64.8 Å². The number of ether oxygens (including phenoxy) is 4. The van der Waals surface area contributed by atoms with Crippen molar-refractivity contribution in [3.05, 3.63) is 146 Å². The molecule has 0 saturated carbocycles. The molecule has 3 aliphatic rings. The highest BCUT2D eigenvalue weighted by Crippen LogP contribution is 2.49. The van der Waals surface area contributed by atoms with Gasteiger partial charge in [0.2, 0.25) is 0 Å². The molecule has 62 heavy (non-hydrogen) atoms. The molecule has 3 aliphatic heterocycles. The van der Waals surface area contributed by atoms with E-state index in [1.165, 1.54) is 22.6 Å². The molecule has 320 valence electrons. The third-order valence-corrected chi connectivity index (χ3v) is 13.0. The molecule has 14 heteroatoms. The van der Waals surface area contributed by atoms with Crippen molar-refractivity contribution < 1.29 is 37.2 Å². The Labute approximate surface area is 361 Å². The van der Waals surface area contributed by atoms with Crippen LogP contribution in [0.4, 0.5) is 13.2 Å². The molecule has 5 heterocycles. The van der Waals surface area contributed by atoms with E-state index in [4.69, 9.17) is 23.9 Å². The van der Waals surface area contributed by atoms with Crippen molar-refractivity contribution in [2.24, 2.45) is 10.9 Å². The van der Waals surface area contributed by atoms with Crippen molar-refractivity contribution in [2.45, 2.75) is 46.8 Å². The predicted molar refractivity (Wildman–Crippen MR) is 232 cm³/mol. The standard InChI is InChI=1S/C48H46F3N5O5S/c1-26-29(4)62-48-43(26)45(52-28(3)47-54-53-30(5)56(47)48)32-6-11-37(12-7-32)60-19-18-58-25-31-23-55(24-31)16-17-59-36-13-8-33(9-14-36)46-42(44-39(50)20-34(49)21-40(44)51)27(2)38-22-35(57)10-15-41(38)61-46/h6-15,20-22,28,31,46,57H,16-19,23-25H2,1-5H3/t28-,46-/m0/s1. The van der Waals surface area contributed by atoms with Crippen LogP contribution in [0, 0.1) is 44.1 Å². The number of halogens is 3. The molecule has 1 fully saturated rings. The van der Waals surface area contributed by atoms with Gasteiger partial charge in [0.25, 0.3) is 0 Å². The van der Waals surface area contributed by atoms with E-state index in [9.17, 15) is 9.50 Å². The van der Waals surface area contributed by atoms with E-state index < -0.39 is 23.6 Å². The fourth-order valence-corrected chi connectivity index (χ4v) is 9.66. The second-order valence-corrected chi connectivity index (χ2v) is 17.2. The van der Waals surface area contributed by atoms with Gasteiger partial charge in [-0.15, -0.1) is 21.5 Å². The summed E-state index contributed by atoms with van der Waals surface area (Å²) in [7, 11) is 0. The van der Waals surface area contributed by atoms with Gasteiger partial charge in [-0.2, -0.15) is 0 Å². The molecule has 2 atom stereocenters. The topological polar surface area (TPSA) is 103 Å². The van der Waals surface area contributed by atoms with Crippen LogP contribution in [0.5, 0.6) is 23.0 Å². The highest BCUT2D eigenvalue weighted by molar-refractivity contribution is 7.15. The first-order chi connectivity index (χ1) is 29.9. The Morgan fingerprint density at radius 1 is 0.823 bits per heavy atom. The van der Waals surface area contributed by atoms with Crippen LogP contribution in [0.2, 0.25) is 0 Å². The van der Waals surface area contributed by atoms with Crippen LogP contribution in [0.3, 0.4) is 0 Å². The lowest BCUT2D eigenvalue weighted by molar-refractivity contribution is 0.00187. The summed E-state index contributed by atoms with van der Waals surface area (Å²) >= 11 is 1.75. The first-order valence-electron chi connectivity index (χ1n) is 20.7. The van der Waals surface area contributed by atoms with E-state index in [2.05, 4.69) is 52.6 Å². The van der Waals surface area contributed by atoms with Crippen LogP contribution in [0.25, 0.3) is 16.1 Å². The van der Waals surface area contributed by atoms with Crippen LogP contribution in [-0.4, -0.2) is 76.5 Å². The minimum Gasteiger partial charge on any atom is -0.508 e. The van der Waals surface area contributed by atoms with Crippen molar-refractivity contribution in [3.63, 3.8) is 0 Å². The van der Waals surface area contributed by atoms with Gasteiger partial charge in [0.1, 0.15) is 76.6 Å². The number of hydrogen-bond donors (Lipinski definition) is 1. The van der Waals surface area contributed by atoms with Crippen LogP contribution >= 0.6 is 11.3 Å². The van der Waals surface area contributed by atoms with Gasteiger partial charge >= 0.3 is 0 Å². The van der Waals surface area contributed by atoms with Crippen LogP contribution in [0.15, 0.2) is 83.9 Å². The van der Waals surface area contributed by atoms with E-state index in [1.807, 2.05) is 19.1 Å². The maximum atomic E-state index is 15.2. The molecule has 4 aromatic carbocycles. The summed E-state index contributed by atoms with van der Waals surface area (Å²) in [5.41, 5.74) is 5.80. The Bertz CT molecular complexity index is 2680. The Kier molecular flexibility index (Phi) is 11.4. The summed E-state index contributed by atoms with van der Waals surface area (Å²) < 4.78 is 70.7. The fraction of sp³-hybridized carbons (Fsp3) is 0.312. The van der Waals surface area contributed by atoms with Gasteiger partial charge in [-0.3, -0.25) is 14.5 Å². The minimum atomic E-state index is -1.04. The van der Waals surface area contributed by atoms with Gasteiger partial charge < -0.3 is 24.1 Å². The van der Waals surface area contributed by atoms with E-state index in [0.29, 0.717) is 72.7 Å². The molecule has 0 aliphatic carbocycles. The van der Waals surface area contributed by atoms with Crippen molar-refractivity contribution in [3.8, 4) is 28.0 Å². The third-order valence-electron chi connectivity index (χ3n) is 11.8. The first-order valence-corrected chi connectivity index (χ1v) is 21.5. The minimum absolute atomic E-state index is 0.0172. The number of aromatic nitrogens is 3. The zero-order valence-corrected chi connectivity index (χ0v) is 35.9. The number of benzene rings is 4. The molecule has 0 radical (unpaired) electrons. The summed E-state index contributed by atoms with van der Waals surface area (Å²) in [4.78, 5) is 8.69. The average molecular weight is 862 g/mol. The van der Waals surface area contributed by atoms with Crippen molar-refractivity contribution in [1.29, 1.82) is 0 Å². The van der Waals surface area contributed by atoms with Crippen molar-refractivity contribution >= 4 is 28.2 Å². The number of aromatic hydroxyl groups is 1. The summed E-state index contributed by atoms with van der Waals surface area (Å²) in [6.07, 6.45) is -0.898. The lowest BCUT2D eigenvalue weighted by atomic mass is 9.85. The number of hydrogen-bond acceptors (Lipinski definition) is 10. The number of nitrogens with zero attached hydrogens (tertiary/aromatic N) is 5. The van der Waals surface area contributed by atoms with Crippen LogP contribution < -0.4 is 14.2 Å². The van der Waals surface area contributed by atoms with Gasteiger partial charge in [0.05, 0.1) is 24.5 Å². The zero-order valence-electron chi connectivity index (χ0n) is 35.0. The molecule has 0 amide bonds. The molecule has 0 bridgehead atoms. The first kappa shape index (κ1) is 41.4. The Morgan fingerprint density at radius 3 is 2.24 bits per heavy atom. The number of phenols is 1. The maximum absolute atomic E-state index is 15.2. The molecule has 10 nitrogen and oxygen atoms in total. The number of allylic oxidation sites excluding steroid dienone is 1. The molecule has 9 rings (SSSR count). The molecule has 1 saturated heterocycles. The van der Waals surface area contributed by atoms with Crippen molar-refractivity contribution in [2.75, 3.05) is 46.1 Å². The third kappa shape index (κ3) is 7.98. The maximum Gasteiger partial charge on any atom is 0.162 e. The monoisotopic (exact) mass is 861 g/mol. The number of fused-ring (bicyclic) bond motifs is 4. The number of thiophene rings is 1. The molecular weight excluding hydrogens is 816 g/mol. The molecule has 0 unspecified atom stereocenters. The highest BCUT2D eigenvalue weighted by atomic mass is 32.1. The Hall–Kier alpha value is -5.96. The Balaban J connectivity index is 0.723. The second-order valence-electron chi connectivity index (χ2n) is 16.0. The largest absolute Gasteiger partial charge is 0.508 e. The lowest BCUT2D eigenvalue weighted by Crippen LogP contribution is -2.50. The normalized spacial score (nSPS) is 17.4. The summed E-state index contributed by atoms with van der Waals surface area (Å²) in [5.74, 6) is 0.907. The fourth-order valence-electron chi connectivity index (χ4n) is 8.45. The molecule has 0 spiro atoms. The highest BCUT2D eigenvalue weighted by Gasteiger charge is 2.34. The predicted octanol–water partition coefficient (Wildman–Crippen LogP) is 9.76. The van der Waals surface area contributed by atoms with Gasteiger partial charge in [0.15, 0.2) is 5.82 Å². The lowest BCUT2D eigenvalue weighted by Gasteiger charge is -2.38. The van der Waals surface area contributed by atoms with Gasteiger partial charge in [-0.05, 0) is 106 Å². The average Bonchev–Trinajstić information content (AvgIpc) is 3.72. The summed E-state index contributed by atoms with van der Waals surface area (Å²) in [6, 6.07) is 21.0.